The molecule has 1 atom stereocenters. The summed E-state index contributed by atoms with van der Waals surface area (Å²) in [5, 5.41) is 0.972. The zero-order chi connectivity index (χ0) is 21.9. The number of benzene rings is 2. The van der Waals surface area contributed by atoms with Crippen LogP contribution in [0.25, 0.3) is 10.9 Å². The van der Waals surface area contributed by atoms with Gasteiger partial charge in [-0.1, -0.05) is 48.9 Å². The van der Waals surface area contributed by atoms with E-state index < -0.39 is 17.4 Å². The summed E-state index contributed by atoms with van der Waals surface area (Å²) in [5.41, 5.74) is -0.428. The van der Waals surface area contributed by atoms with Crippen molar-refractivity contribution in [3.05, 3.63) is 64.8 Å². The number of aromatic nitrogens is 1. The van der Waals surface area contributed by atoms with Gasteiger partial charge in [-0.3, -0.25) is 14.4 Å². The number of fused-ring (bicyclic) bond motifs is 1. The lowest BCUT2D eigenvalue weighted by Crippen LogP contribution is -2.40. The maximum atomic E-state index is 13.1. The highest BCUT2D eigenvalue weighted by atomic mass is 35.5. The van der Waals surface area contributed by atoms with Gasteiger partial charge in [0, 0.05) is 16.0 Å². The van der Waals surface area contributed by atoms with E-state index in [0.717, 1.165) is 0 Å². The van der Waals surface area contributed by atoms with Gasteiger partial charge in [-0.25, -0.2) is 0 Å². The maximum absolute atomic E-state index is 13.1. The fourth-order valence-corrected chi connectivity index (χ4v) is 3.18. The van der Waals surface area contributed by atoms with Crippen LogP contribution in [0.15, 0.2) is 48.5 Å². The zero-order valence-electron chi connectivity index (χ0n) is 17.0. The molecule has 156 valence electrons. The Balaban J connectivity index is 2.09. The third-order valence-corrected chi connectivity index (χ3v) is 5.29. The molecule has 0 spiro atoms. The molecule has 2 aromatic carbocycles. The van der Waals surface area contributed by atoms with Crippen LogP contribution in [0.2, 0.25) is 5.02 Å². The van der Waals surface area contributed by atoms with Gasteiger partial charge in [0.15, 0.2) is 11.2 Å². The lowest BCUT2D eigenvalue weighted by Gasteiger charge is -2.23. The second-order valence-corrected chi connectivity index (χ2v) is 7.45. The Labute approximate surface area is 179 Å². The van der Waals surface area contributed by atoms with Crippen LogP contribution in [0.1, 0.15) is 43.2 Å². The minimum Gasteiger partial charge on any atom is -0.465 e. The standard InChI is InChI=1S/C23H22ClNO5/c1-4-23(3,21(27)29-5-2)22(28)30-20-16-12-11-15(24)13-17(16)25-18(20)19(26)14-9-7-6-8-10-14/h6-13,25H,4-5H2,1-3H3. The van der Waals surface area contributed by atoms with Crippen molar-refractivity contribution in [2.45, 2.75) is 27.2 Å². The summed E-state index contributed by atoms with van der Waals surface area (Å²) in [5.74, 6) is -1.75. The molecule has 30 heavy (non-hydrogen) atoms. The molecule has 1 aromatic heterocycles. The number of ether oxygens (including phenoxy) is 2. The predicted octanol–water partition coefficient (Wildman–Crippen LogP) is 4.94. The highest BCUT2D eigenvalue weighted by Gasteiger charge is 2.43. The topological polar surface area (TPSA) is 85.5 Å². The normalized spacial score (nSPS) is 12.9. The zero-order valence-corrected chi connectivity index (χ0v) is 17.7. The summed E-state index contributed by atoms with van der Waals surface area (Å²) in [7, 11) is 0. The third-order valence-electron chi connectivity index (χ3n) is 5.05. The molecule has 1 heterocycles. The van der Waals surface area contributed by atoms with Crippen molar-refractivity contribution in [2.75, 3.05) is 6.61 Å². The van der Waals surface area contributed by atoms with Crippen LogP contribution in [0, 0.1) is 5.41 Å². The molecule has 0 aliphatic carbocycles. The van der Waals surface area contributed by atoms with Crippen molar-refractivity contribution in [1.29, 1.82) is 0 Å². The van der Waals surface area contributed by atoms with Crippen molar-refractivity contribution in [3.63, 3.8) is 0 Å². The molecule has 7 heteroatoms. The van der Waals surface area contributed by atoms with E-state index in [1.165, 1.54) is 6.92 Å². The summed E-state index contributed by atoms with van der Waals surface area (Å²) in [4.78, 5) is 41.5. The van der Waals surface area contributed by atoms with E-state index >= 15 is 0 Å². The van der Waals surface area contributed by atoms with Crippen LogP contribution in [-0.4, -0.2) is 29.3 Å². The number of hydrogen-bond acceptors (Lipinski definition) is 5. The first-order valence-electron chi connectivity index (χ1n) is 9.62. The molecule has 6 nitrogen and oxygen atoms in total. The van der Waals surface area contributed by atoms with Gasteiger partial charge in [0.25, 0.3) is 0 Å². The molecule has 0 saturated heterocycles. The van der Waals surface area contributed by atoms with Crippen LogP contribution in [0.3, 0.4) is 0 Å². The van der Waals surface area contributed by atoms with E-state index in [0.29, 0.717) is 21.5 Å². The van der Waals surface area contributed by atoms with E-state index in [2.05, 4.69) is 4.98 Å². The fraction of sp³-hybridized carbons (Fsp3) is 0.261. The Bertz CT molecular complexity index is 1110. The fourth-order valence-electron chi connectivity index (χ4n) is 3.01. The lowest BCUT2D eigenvalue weighted by atomic mass is 9.88. The van der Waals surface area contributed by atoms with Crippen molar-refractivity contribution >= 4 is 40.2 Å². The summed E-state index contributed by atoms with van der Waals surface area (Å²) < 4.78 is 10.7. The van der Waals surface area contributed by atoms with Gasteiger partial charge in [-0.2, -0.15) is 0 Å². The molecular weight excluding hydrogens is 406 g/mol. The Morgan fingerprint density at radius 3 is 2.37 bits per heavy atom. The van der Waals surface area contributed by atoms with Gasteiger partial charge in [0.1, 0.15) is 5.69 Å². The number of aromatic amines is 1. The molecule has 0 amide bonds. The molecule has 0 bridgehead atoms. The Morgan fingerprint density at radius 1 is 1.03 bits per heavy atom. The summed E-state index contributed by atoms with van der Waals surface area (Å²) in [6, 6.07) is 13.6. The van der Waals surface area contributed by atoms with Crippen LogP contribution >= 0.6 is 11.6 Å². The third kappa shape index (κ3) is 3.96. The minimum atomic E-state index is -1.50. The maximum Gasteiger partial charge on any atom is 0.328 e. The highest BCUT2D eigenvalue weighted by molar-refractivity contribution is 6.31. The summed E-state index contributed by atoms with van der Waals surface area (Å²) in [6.45, 7) is 4.98. The van der Waals surface area contributed by atoms with Crippen LogP contribution in [-0.2, 0) is 14.3 Å². The monoisotopic (exact) mass is 427 g/mol. The number of carbonyl (C=O) groups is 3. The first-order chi connectivity index (χ1) is 14.3. The minimum absolute atomic E-state index is 0.0597. The number of esters is 2. The van der Waals surface area contributed by atoms with Gasteiger partial charge in [-0.05, 0) is 38.5 Å². The van der Waals surface area contributed by atoms with Crippen LogP contribution in [0.4, 0.5) is 0 Å². The highest BCUT2D eigenvalue weighted by Crippen LogP contribution is 2.36. The SMILES string of the molecule is CCOC(=O)C(C)(CC)C(=O)Oc1c(C(=O)c2ccccc2)[nH]c2cc(Cl)ccc12. The quantitative estimate of drug-likeness (QED) is 0.328. The molecule has 0 saturated carbocycles. The molecule has 0 radical (unpaired) electrons. The number of carbonyl (C=O) groups excluding carboxylic acids is 3. The van der Waals surface area contributed by atoms with E-state index in [1.807, 2.05) is 0 Å². The number of ketones is 1. The van der Waals surface area contributed by atoms with E-state index in [9.17, 15) is 14.4 Å². The van der Waals surface area contributed by atoms with E-state index in [4.69, 9.17) is 21.1 Å². The van der Waals surface area contributed by atoms with Crippen molar-refractivity contribution in [3.8, 4) is 5.75 Å². The van der Waals surface area contributed by atoms with Crippen LogP contribution < -0.4 is 4.74 Å². The largest absolute Gasteiger partial charge is 0.465 e. The molecule has 0 fully saturated rings. The average Bonchev–Trinajstić information content (AvgIpc) is 3.10. The number of H-pyrrole nitrogens is 1. The summed E-state index contributed by atoms with van der Waals surface area (Å²) in [6.07, 6.45) is 0.181. The van der Waals surface area contributed by atoms with E-state index in [-0.39, 0.29) is 30.3 Å². The number of hydrogen-bond donors (Lipinski definition) is 1. The second kappa shape index (κ2) is 8.71. The summed E-state index contributed by atoms with van der Waals surface area (Å²) >= 11 is 6.08. The molecule has 1 unspecified atom stereocenters. The molecule has 1 N–H and O–H groups in total. The van der Waals surface area contributed by atoms with Crippen molar-refractivity contribution in [1.82, 2.24) is 4.98 Å². The smallest absolute Gasteiger partial charge is 0.328 e. The Hall–Kier alpha value is -3.12. The molecular formula is C23H22ClNO5. The first kappa shape index (κ1) is 21.6. The lowest BCUT2D eigenvalue weighted by molar-refractivity contribution is -0.165. The van der Waals surface area contributed by atoms with Gasteiger partial charge in [0.05, 0.1) is 12.1 Å². The van der Waals surface area contributed by atoms with Gasteiger partial charge in [0.2, 0.25) is 5.78 Å². The van der Waals surface area contributed by atoms with Gasteiger partial charge in [-0.15, -0.1) is 0 Å². The predicted molar refractivity (Wildman–Crippen MR) is 114 cm³/mol. The molecule has 0 aliphatic heterocycles. The average molecular weight is 428 g/mol. The van der Waals surface area contributed by atoms with Crippen molar-refractivity contribution < 1.29 is 23.9 Å². The van der Waals surface area contributed by atoms with Crippen molar-refractivity contribution in [2.24, 2.45) is 5.41 Å². The molecule has 0 aliphatic rings. The Kier molecular flexibility index (Phi) is 6.27. The second-order valence-electron chi connectivity index (χ2n) is 7.01. The number of halogens is 1. The number of rotatable bonds is 7. The molecule has 3 aromatic rings. The first-order valence-corrected chi connectivity index (χ1v) is 10.00. The van der Waals surface area contributed by atoms with Crippen LogP contribution in [0.5, 0.6) is 5.75 Å². The van der Waals surface area contributed by atoms with Gasteiger partial charge < -0.3 is 14.5 Å². The van der Waals surface area contributed by atoms with E-state index in [1.54, 1.807) is 62.4 Å². The van der Waals surface area contributed by atoms with Gasteiger partial charge >= 0.3 is 11.9 Å². The number of nitrogens with one attached hydrogen (secondary N) is 1. The molecule has 3 rings (SSSR count). The Morgan fingerprint density at radius 2 is 1.73 bits per heavy atom.